The first-order chi connectivity index (χ1) is 7.00. The Labute approximate surface area is 88.5 Å². The molecule has 0 aliphatic heterocycles. The smallest absolute Gasteiger partial charge is 0.419 e. The highest BCUT2D eigenvalue weighted by molar-refractivity contribution is 6.35. The van der Waals surface area contributed by atoms with E-state index in [0.717, 1.165) is 0 Å². The van der Waals surface area contributed by atoms with Crippen LogP contribution in [-0.2, 0) is 7.05 Å². The topological polar surface area (TPSA) is 72.4 Å². The normalized spacial score (nSPS) is 10.8. The maximum Gasteiger partial charge on any atom is 0.419 e. The van der Waals surface area contributed by atoms with Gasteiger partial charge in [0.1, 0.15) is 0 Å². The molecule has 0 spiro atoms. The van der Waals surface area contributed by atoms with Crippen molar-refractivity contribution in [2.75, 3.05) is 0 Å². The second-order valence-corrected chi connectivity index (χ2v) is 3.45. The summed E-state index contributed by atoms with van der Waals surface area (Å²) in [6.07, 6.45) is 0. The molecule has 2 aromatic rings. The molecular formula is C9H6ClNO4. The fourth-order valence-electron chi connectivity index (χ4n) is 1.31. The van der Waals surface area contributed by atoms with Crippen molar-refractivity contribution in [2.24, 2.45) is 7.05 Å². The number of oxazole rings is 1. The van der Waals surface area contributed by atoms with Gasteiger partial charge in [0.05, 0.1) is 16.1 Å². The first kappa shape index (κ1) is 9.79. The van der Waals surface area contributed by atoms with Gasteiger partial charge in [0, 0.05) is 7.05 Å². The predicted octanol–water partition coefficient (Wildman–Crippen LogP) is 1.48. The zero-order valence-electron chi connectivity index (χ0n) is 7.65. The monoisotopic (exact) mass is 227 g/mol. The Morgan fingerprint density at radius 1 is 1.53 bits per heavy atom. The standard InChI is InChI=1S/C9H6ClNO4/c1-11-6-3-4(8(12)13)2-5(10)7(6)15-9(11)14/h2-3H,1H3,(H,12,13). The van der Waals surface area contributed by atoms with Gasteiger partial charge in [-0.1, -0.05) is 11.6 Å². The number of hydrogen-bond acceptors (Lipinski definition) is 3. The summed E-state index contributed by atoms with van der Waals surface area (Å²) in [4.78, 5) is 21.9. The summed E-state index contributed by atoms with van der Waals surface area (Å²) in [5, 5.41) is 8.90. The maximum atomic E-state index is 11.2. The van der Waals surface area contributed by atoms with Gasteiger partial charge in [-0.15, -0.1) is 0 Å². The molecular weight excluding hydrogens is 222 g/mol. The number of benzene rings is 1. The molecule has 0 amide bonds. The van der Waals surface area contributed by atoms with Crippen molar-refractivity contribution in [3.8, 4) is 0 Å². The Balaban J connectivity index is 2.91. The van der Waals surface area contributed by atoms with Crippen LogP contribution in [0.1, 0.15) is 10.4 Å². The van der Waals surface area contributed by atoms with E-state index in [1.54, 1.807) is 0 Å². The van der Waals surface area contributed by atoms with Crippen LogP contribution < -0.4 is 5.76 Å². The zero-order valence-corrected chi connectivity index (χ0v) is 8.41. The maximum absolute atomic E-state index is 11.2. The van der Waals surface area contributed by atoms with Crippen molar-refractivity contribution in [1.82, 2.24) is 4.57 Å². The molecule has 6 heteroatoms. The second-order valence-electron chi connectivity index (χ2n) is 3.04. The largest absolute Gasteiger partial charge is 0.478 e. The van der Waals surface area contributed by atoms with Gasteiger partial charge in [-0.05, 0) is 12.1 Å². The number of nitrogens with zero attached hydrogens (tertiary/aromatic N) is 1. The molecule has 0 atom stereocenters. The van der Waals surface area contributed by atoms with E-state index in [-0.39, 0.29) is 16.2 Å². The van der Waals surface area contributed by atoms with Crippen LogP contribution in [0.4, 0.5) is 0 Å². The van der Waals surface area contributed by atoms with Gasteiger partial charge < -0.3 is 9.52 Å². The SMILES string of the molecule is Cn1c(=O)oc2c(Cl)cc(C(=O)O)cc21. The number of aryl methyl sites for hydroxylation is 1. The van der Waals surface area contributed by atoms with Crippen LogP contribution in [0.15, 0.2) is 21.3 Å². The lowest BCUT2D eigenvalue weighted by Gasteiger charge is -1.97. The highest BCUT2D eigenvalue weighted by Gasteiger charge is 2.13. The van der Waals surface area contributed by atoms with Crippen LogP contribution in [0, 0.1) is 0 Å². The molecule has 78 valence electrons. The van der Waals surface area contributed by atoms with E-state index in [0.29, 0.717) is 5.52 Å². The summed E-state index contributed by atoms with van der Waals surface area (Å²) in [5.74, 6) is -1.68. The van der Waals surface area contributed by atoms with Crippen molar-refractivity contribution in [3.05, 3.63) is 33.3 Å². The van der Waals surface area contributed by atoms with Gasteiger partial charge in [0.25, 0.3) is 0 Å². The third-order valence-electron chi connectivity index (χ3n) is 2.10. The highest BCUT2D eigenvalue weighted by atomic mass is 35.5. The van der Waals surface area contributed by atoms with Crippen LogP contribution >= 0.6 is 11.6 Å². The van der Waals surface area contributed by atoms with Crippen LogP contribution in [0.5, 0.6) is 0 Å². The van der Waals surface area contributed by atoms with Gasteiger partial charge in [-0.3, -0.25) is 4.57 Å². The lowest BCUT2D eigenvalue weighted by Crippen LogP contribution is -2.08. The number of carboxylic acid groups (broad SMARTS) is 1. The van der Waals surface area contributed by atoms with Crippen molar-refractivity contribution in [3.63, 3.8) is 0 Å². The Kier molecular flexibility index (Phi) is 2.04. The number of rotatable bonds is 1. The minimum absolute atomic E-state index is 0.0175. The second kappa shape index (κ2) is 3.13. The van der Waals surface area contributed by atoms with Crippen molar-refractivity contribution in [1.29, 1.82) is 0 Å². The fourth-order valence-corrected chi connectivity index (χ4v) is 1.56. The lowest BCUT2D eigenvalue weighted by molar-refractivity contribution is 0.0697. The quantitative estimate of drug-likeness (QED) is 0.801. The molecule has 0 unspecified atom stereocenters. The van der Waals surface area contributed by atoms with E-state index in [1.165, 1.54) is 23.7 Å². The van der Waals surface area contributed by atoms with E-state index in [1.807, 2.05) is 0 Å². The van der Waals surface area contributed by atoms with E-state index < -0.39 is 11.7 Å². The molecule has 0 aliphatic carbocycles. The molecule has 0 bridgehead atoms. The summed E-state index contributed by atoms with van der Waals surface area (Å²) >= 11 is 5.78. The van der Waals surface area contributed by atoms with Crippen LogP contribution in [0.2, 0.25) is 5.02 Å². The number of carboxylic acids is 1. The van der Waals surface area contributed by atoms with E-state index >= 15 is 0 Å². The van der Waals surface area contributed by atoms with Gasteiger partial charge in [0.15, 0.2) is 5.58 Å². The molecule has 0 saturated carbocycles. The molecule has 0 aliphatic rings. The fraction of sp³-hybridized carbons (Fsp3) is 0.111. The summed E-state index contributed by atoms with van der Waals surface area (Å²) < 4.78 is 6.05. The minimum atomic E-state index is -1.10. The summed E-state index contributed by atoms with van der Waals surface area (Å²) in [5.41, 5.74) is 0.586. The first-order valence-electron chi connectivity index (χ1n) is 4.03. The average molecular weight is 228 g/mol. The van der Waals surface area contributed by atoms with Gasteiger partial charge in [-0.2, -0.15) is 0 Å². The van der Waals surface area contributed by atoms with E-state index in [2.05, 4.69) is 0 Å². The van der Waals surface area contributed by atoms with Crippen molar-refractivity contribution in [2.45, 2.75) is 0 Å². The number of halogens is 1. The molecule has 15 heavy (non-hydrogen) atoms. The summed E-state index contributed by atoms with van der Waals surface area (Å²) in [7, 11) is 1.48. The molecule has 2 rings (SSSR count). The van der Waals surface area contributed by atoms with Crippen LogP contribution in [0.3, 0.4) is 0 Å². The van der Waals surface area contributed by atoms with Crippen LogP contribution in [0.25, 0.3) is 11.1 Å². The molecule has 1 N–H and O–H groups in total. The number of carbonyl (C=O) groups is 1. The Hall–Kier alpha value is -1.75. The highest BCUT2D eigenvalue weighted by Crippen LogP contribution is 2.24. The number of aromatic carboxylic acids is 1. The number of hydrogen-bond donors (Lipinski definition) is 1. The molecule has 0 radical (unpaired) electrons. The first-order valence-corrected chi connectivity index (χ1v) is 4.41. The molecule has 5 nitrogen and oxygen atoms in total. The van der Waals surface area contributed by atoms with Gasteiger partial charge >= 0.3 is 11.7 Å². The molecule has 1 aromatic heterocycles. The number of aromatic nitrogens is 1. The third-order valence-corrected chi connectivity index (χ3v) is 2.38. The van der Waals surface area contributed by atoms with Gasteiger partial charge in [0.2, 0.25) is 0 Å². The number of fused-ring (bicyclic) bond motifs is 1. The Morgan fingerprint density at radius 3 is 2.80 bits per heavy atom. The van der Waals surface area contributed by atoms with E-state index in [4.69, 9.17) is 21.1 Å². The van der Waals surface area contributed by atoms with Gasteiger partial charge in [-0.25, -0.2) is 9.59 Å². The molecule has 0 fully saturated rings. The zero-order chi connectivity index (χ0) is 11.2. The minimum Gasteiger partial charge on any atom is -0.478 e. The van der Waals surface area contributed by atoms with Crippen molar-refractivity contribution < 1.29 is 14.3 Å². The summed E-state index contributed by atoms with van der Waals surface area (Å²) in [6.45, 7) is 0. The lowest BCUT2D eigenvalue weighted by atomic mass is 10.2. The van der Waals surface area contributed by atoms with Crippen LogP contribution in [-0.4, -0.2) is 15.6 Å². The van der Waals surface area contributed by atoms with Crippen molar-refractivity contribution >= 4 is 28.7 Å². The Bertz CT molecular complexity index is 610. The third kappa shape index (κ3) is 1.41. The molecule has 1 aromatic carbocycles. The van der Waals surface area contributed by atoms with E-state index in [9.17, 15) is 9.59 Å². The predicted molar refractivity (Wildman–Crippen MR) is 53.4 cm³/mol. The summed E-state index contributed by atoms with van der Waals surface area (Å²) in [6, 6.07) is 2.59. The molecule has 0 saturated heterocycles. The molecule has 1 heterocycles. The average Bonchev–Trinajstić information content (AvgIpc) is 2.45. The Morgan fingerprint density at radius 2 is 2.20 bits per heavy atom.